The summed E-state index contributed by atoms with van der Waals surface area (Å²) in [6.07, 6.45) is 3.60. The molecule has 4 rings (SSSR count). The number of ether oxygens (including phenoxy) is 1. The standard InChI is InChI=1S/C17H20N4O2S/c1-11-3-6-24-15(11)16(22)21-8-13-12(10-23-14(13)9-21)7-20-17-18-4-2-5-19-17/h2-6,12-14H,7-10H2,1H3,(H,18,19,20)/t12-,13+,14+/m1/s1. The minimum Gasteiger partial charge on any atom is -0.376 e. The number of rotatable bonds is 4. The molecule has 0 aromatic carbocycles. The van der Waals surface area contributed by atoms with E-state index in [1.165, 1.54) is 11.3 Å². The van der Waals surface area contributed by atoms with E-state index in [4.69, 9.17) is 4.74 Å². The van der Waals surface area contributed by atoms with Gasteiger partial charge < -0.3 is 15.0 Å². The lowest BCUT2D eigenvalue weighted by Crippen LogP contribution is -2.32. The van der Waals surface area contributed by atoms with Crippen molar-refractivity contribution in [3.63, 3.8) is 0 Å². The quantitative estimate of drug-likeness (QED) is 0.919. The van der Waals surface area contributed by atoms with E-state index in [2.05, 4.69) is 15.3 Å². The van der Waals surface area contributed by atoms with Crippen molar-refractivity contribution in [3.05, 3.63) is 40.3 Å². The van der Waals surface area contributed by atoms with Gasteiger partial charge in [0.05, 0.1) is 17.6 Å². The van der Waals surface area contributed by atoms with Crippen molar-refractivity contribution in [2.24, 2.45) is 11.8 Å². The maximum atomic E-state index is 12.7. The van der Waals surface area contributed by atoms with Crippen LogP contribution in [0.25, 0.3) is 0 Å². The van der Waals surface area contributed by atoms with Gasteiger partial charge in [-0.2, -0.15) is 0 Å². The summed E-state index contributed by atoms with van der Waals surface area (Å²) in [5, 5.41) is 5.25. The van der Waals surface area contributed by atoms with Gasteiger partial charge in [-0.3, -0.25) is 4.79 Å². The highest BCUT2D eigenvalue weighted by Gasteiger charge is 2.45. The van der Waals surface area contributed by atoms with Crippen LogP contribution < -0.4 is 5.32 Å². The number of hydrogen-bond acceptors (Lipinski definition) is 6. The van der Waals surface area contributed by atoms with Crippen LogP contribution in [0.1, 0.15) is 15.2 Å². The monoisotopic (exact) mass is 344 g/mol. The molecule has 2 aliphatic rings. The largest absolute Gasteiger partial charge is 0.376 e. The molecule has 2 saturated heterocycles. The Kier molecular flexibility index (Phi) is 4.20. The van der Waals surface area contributed by atoms with Crippen molar-refractivity contribution in [2.75, 3.05) is 31.6 Å². The van der Waals surface area contributed by atoms with Crippen LogP contribution in [-0.2, 0) is 4.74 Å². The van der Waals surface area contributed by atoms with Crippen molar-refractivity contribution >= 4 is 23.2 Å². The predicted octanol–water partition coefficient (Wildman–Crippen LogP) is 2.05. The maximum Gasteiger partial charge on any atom is 0.264 e. The Morgan fingerprint density at radius 1 is 1.42 bits per heavy atom. The number of hydrogen-bond donors (Lipinski definition) is 1. The Bertz CT molecular complexity index is 720. The number of aryl methyl sites for hydroxylation is 1. The van der Waals surface area contributed by atoms with Gasteiger partial charge in [0.1, 0.15) is 0 Å². The number of thiophene rings is 1. The Morgan fingerprint density at radius 2 is 2.25 bits per heavy atom. The van der Waals surface area contributed by atoms with E-state index in [0.717, 1.165) is 30.1 Å². The first-order chi connectivity index (χ1) is 11.7. The number of fused-ring (bicyclic) bond motifs is 1. The minimum atomic E-state index is 0.138. The molecule has 2 fully saturated rings. The van der Waals surface area contributed by atoms with Crippen LogP contribution in [0.5, 0.6) is 0 Å². The number of carbonyl (C=O) groups excluding carboxylic acids is 1. The van der Waals surface area contributed by atoms with Gasteiger partial charge in [-0.15, -0.1) is 11.3 Å². The summed E-state index contributed by atoms with van der Waals surface area (Å²) in [5.74, 6) is 1.53. The van der Waals surface area contributed by atoms with Gasteiger partial charge in [-0.1, -0.05) is 0 Å². The smallest absolute Gasteiger partial charge is 0.264 e. The minimum absolute atomic E-state index is 0.138. The molecule has 1 N–H and O–H groups in total. The maximum absolute atomic E-state index is 12.7. The number of likely N-dealkylation sites (tertiary alicyclic amines) is 1. The van der Waals surface area contributed by atoms with Crippen LogP contribution in [0.15, 0.2) is 29.9 Å². The summed E-state index contributed by atoms with van der Waals surface area (Å²) < 4.78 is 5.93. The van der Waals surface area contributed by atoms with Gasteiger partial charge in [0.25, 0.3) is 5.91 Å². The first kappa shape index (κ1) is 15.5. The summed E-state index contributed by atoms with van der Waals surface area (Å²) in [4.78, 5) is 23.9. The van der Waals surface area contributed by atoms with Crippen LogP contribution in [-0.4, -0.2) is 53.1 Å². The Labute approximate surface area is 144 Å². The molecule has 3 atom stereocenters. The molecule has 0 bridgehead atoms. The molecule has 7 heteroatoms. The fraction of sp³-hybridized carbons (Fsp3) is 0.471. The van der Waals surface area contributed by atoms with Crippen LogP contribution in [0.3, 0.4) is 0 Å². The first-order valence-corrected chi connectivity index (χ1v) is 9.06. The molecule has 6 nitrogen and oxygen atoms in total. The fourth-order valence-electron chi connectivity index (χ4n) is 3.52. The molecule has 1 amide bonds. The summed E-state index contributed by atoms with van der Waals surface area (Å²) in [5.41, 5.74) is 1.06. The molecule has 0 saturated carbocycles. The molecule has 2 aliphatic heterocycles. The average Bonchev–Trinajstić information content (AvgIpc) is 3.29. The number of amides is 1. The van der Waals surface area contributed by atoms with Crippen LogP contribution >= 0.6 is 11.3 Å². The van der Waals surface area contributed by atoms with Gasteiger partial charge in [0, 0.05) is 43.9 Å². The summed E-state index contributed by atoms with van der Waals surface area (Å²) in [7, 11) is 0. The number of aromatic nitrogens is 2. The lowest BCUT2D eigenvalue weighted by molar-refractivity contribution is 0.0683. The summed E-state index contributed by atoms with van der Waals surface area (Å²) >= 11 is 1.52. The van der Waals surface area contributed by atoms with E-state index < -0.39 is 0 Å². The summed E-state index contributed by atoms with van der Waals surface area (Å²) in [6.45, 7) is 4.95. The van der Waals surface area contributed by atoms with Crippen LogP contribution in [0.4, 0.5) is 5.95 Å². The zero-order valence-corrected chi connectivity index (χ0v) is 14.3. The third-order valence-corrected chi connectivity index (χ3v) is 5.88. The third-order valence-electron chi connectivity index (χ3n) is 4.87. The number of nitrogens with one attached hydrogen (secondary N) is 1. The normalized spacial score (nSPS) is 25.7. The lowest BCUT2D eigenvalue weighted by atomic mass is 9.93. The van der Waals surface area contributed by atoms with Gasteiger partial charge >= 0.3 is 0 Å². The van der Waals surface area contributed by atoms with E-state index >= 15 is 0 Å². The van der Waals surface area contributed by atoms with Crippen molar-refractivity contribution in [2.45, 2.75) is 13.0 Å². The molecule has 126 valence electrons. The first-order valence-electron chi connectivity index (χ1n) is 8.18. The summed E-state index contributed by atoms with van der Waals surface area (Å²) in [6, 6.07) is 3.80. The SMILES string of the molecule is Cc1ccsc1C(=O)N1C[C@H]2[C@H](CNc3ncccn3)CO[C@H]2C1. The second-order valence-electron chi connectivity index (χ2n) is 6.39. The Morgan fingerprint density at radius 3 is 3.00 bits per heavy atom. The van der Waals surface area contributed by atoms with Crippen LogP contribution in [0.2, 0.25) is 0 Å². The molecular weight excluding hydrogens is 324 g/mol. The van der Waals surface area contributed by atoms with Crippen molar-refractivity contribution in [1.29, 1.82) is 0 Å². The van der Waals surface area contributed by atoms with Gasteiger partial charge in [-0.25, -0.2) is 9.97 Å². The van der Waals surface area contributed by atoms with Crippen molar-refractivity contribution in [1.82, 2.24) is 14.9 Å². The highest BCUT2D eigenvalue weighted by atomic mass is 32.1. The molecule has 0 spiro atoms. The Hall–Kier alpha value is -1.99. The van der Waals surface area contributed by atoms with E-state index in [0.29, 0.717) is 24.3 Å². The van der Waals surface area contributed by atoms with Gasteiger partial charge in [0.15, 0.2) is 0 Å². The number of nitrogens with zero attached hydrogens (tertiary/aromatic N) is 3. The Balaban J connectivity index is 1.38. The van der Waals surface area contributed by atoms with E-state index in [1.54, 1.807) is 18.5 Å². The van der Waals surface area contributed by atoms with Gasteiger partial charge in [-0.05, 0) is 30.0 Å². The topological polar surface area (TPSA) is 67.4 Å². The zero-order valence-electron chi connectivity index (χ0n) is 13.5. The number of anilines is 1. The van der Waals surface area contributed by atoms with Crippen LogP contribution in [0, 0.1) is 18.8 Å². The van der Waals surface area contributed by atoms with Gasteiger partial charge in [0.2, 0.25) is 5.95 Å². The second-order valence-corrected chi connectivity index (χ2v) is 7.31. The van der Waals surface area contributed by atoms with Crippen molar-refractivity contribution < 1.29 is 9.53 Å². The van der Waals surface area contributed by atoms with E-state index in [-0.39, 0.29) is 12.0 Å². The predicted molar refractivity (Wildman–Crippen MR) is 92.2 cm³/mol. The zero-order chi connectivity index (χ0) is 16.5. The average molecular weight is 344 g/mol. The molecule has 4 heterocycles. The highest BCUT2D eigenvalue weighted by Crippen LogP contribution is 2.35. The third kappa shape index (κ3) is 2.89. The van der Waals surface area contributed by atoms with E-state index in [9.17, 15) is 4.79 Å². The molecule has 24 heavy (non-hydrogen) atoms. The highest BCUT2D eigenvalue weighted by molar-refractivity contribution is 7.12. The fourth-order valence-corrected chi connectivity index (χ4v) is 4.42. The molecular formula is C17H20N4O2S. The molecule has 0 aliphatic carbocycles. The molecule has 2 aromatic heterocycles. The molecule has 0 unspecified atom stereocenters. The number of carbonyl (C=O) groups is 1. The molecule has 2 aromatic rings. The molecule has 0 radical (unpaired) electrons. The lowest BCUT2D eigenvalue weighted by Gasteiger charge is -2.20. The van der Waals surface area contributed by atoms with Crippen molar-refractivity contribution in [3.8, 4) is 0 Å². The van der Waals surface area contributed by atoms with E-state index in [1.807, 2.05) is 23.3 Å². The second kappa shape index (κ2) is 6.49.